The topological polar surface area (TPSA) is 168 Å². The van der Waals surface area contributed by atoms with E-state index in [1.54, 1.807) is 32.9 Å². The molecule has 2 fully saturated rings. The van der Waals surface area contributed by atoms with E-state index in [1.165, 1.54) is 30.3 Å². The van der Waals surface area contributed by atoms with E-state index in [9.17, 15) is 24.8 Å². The summed E-state index contributed by atoms with van der Waals surface area (Å²) in [6.07, 6.45) is 2.71. The molecule has 224 valence electrons. The van der Waals surface area contributed by atoms with Crippen LogP contribution in [-0.4, -0.2) is 66.9 Å². The summed E-state index contributed by atoms with van der Waals surface area (Å²) in [6, 6.07) is 9.04. The summed E-state index contributed by atoms with van der Waals surface area (Å²) in [4.78, 5) is 49.6. The highest BCUT2D eigenvalue weighted by molar-refractivity contribution is 5.77. The van der Waals surface area contributed by atoms with Crippen LogP contribution in [0.15, 0.2) is 42.5 Å². The molecule has 0 amide bonds. The lowest BCUT2D eigenvalue weighted by Crippen LogP contribution is -2.49. The molecule has 2 aliphatic rings. The van der Waals surface area contributed by atoms with Crippen LogP contribution >= 0.6 is 0 Å². The van der Waals surface area contributed by atoms with Crippen LogP contribution < -0.4 is 4.84 Å². The molecule has 2 aliphatic carbocycles. The molecule has 14 nitrogen and oxygen atoms in total. The minimum Gasteiger partial charge on any atom is -0.508 e. The van der Waals surface area contributed by atoms with Gasteiger partial charge in [-0.15, -0.1) is 5.10 Å². The Hall–Kier alpha value is -4.46. The fourth-order valence-electron chi connectivity index (χ4n) is 4.55. The molecule has 42 heavy (non-hydrogen) atoms. The van der Waals surface area contributed by atoms with E-state index in [4.69, 9.17) is 19.1 Å². The van der Waals surface area contributed by atoms with Crippen LogP contribution in [0.2, 0.25) is 0 Å². The quantitative estimate of drug-likeness (QED) is 0.141. The molecule has 0 bridgehead atoms. The summed E-state index contributed by atoms with van der Waals surface area (Å²) in [5.74, 6) is 0.0602. The number of hydrogen-bond acceptors (Lipinski definition) is 12. The van der Waals surface area contributed by atoms with E-state index in [2.05, 4.69) is 10.3 Å². The number of ether oxygens (including phenoxy) is 2. The fraction of sp³-hybridized carbons (Fsp3) is 0.500. The number of nitro benzene ring substituents is 1. The number of aromatic nitrogens is 3. The first kappa shape index (κ1) is 29.0. The molecule has 0 radical (unpaired) electrons. The van der Waals surface area contributed by atoms with Crippen molar-refractivity contribution < 1.29 is 38.8 Å². The van der Waals surface area contributed by atoms with E-state index in [0.29, 0.717) is 22.9 Å². The van der Waals surface area contributed by atoms with Gasteiger partial charge in [-0.25, -0.2) is 4.79 Å². The highest BCUT2D eigenvalue weighted by Gasteiger charge is 2.46. The van der Waals surface area contributed by atoms with Crippen LogP contribution in [-0.2, 0) is 25.5 Å². The summed E-state index contributed by atoms with van der Waals surface area (Å²) >= 11 is 0. The van der Waals surface area contributed by atoms with Crippen LogP contribution in [0.4, 0.5) is 10.5 Å². The highest BCUT2D eigenvalue weighted by atomic mass is 16.8. The number of phenolic OH excluding ortho intramolecular Hbond substituents is 1. The number of nitro groups is 1. The molecule has 2 aromatic carbocycles. The summed E-state index contributed by atoms with van der Waals surface area (Å²) in [5, 5.41) is 29.9. The molecule has 1 heterocycles. The number of esters is 1. The molecule has 1 atom stereocenters. The third-order valence-electron chi connectivity index (χ3n) is 6.91. The second-order valence-corrected chi connectivity index (χ2v) is 11.6. The minimum absolute atomic E-state index is 0.0386. The minimum atomic E-state index is -1.17. The predicted molar refractivity (Wildman–Crippen MR) is 146 cm³/mol. The molecular formula is C28H33N5O9. The number of phenols is 1. The molecule has 14 heteroatoms. The van der Waals surface area contributed by atoms with Crippen molar-refractivity contribution in [2.24, 2.45) is 11.8 Å². The molecule has 1 N–H and O–H groups in total. The van der Waals surface area contributed by atoms with Gasteiger partial charge in [-0.05, 0) is 87.3 Å². The maximum absolute atomic E-state index is 13.8. The van der Waals surface area contributed by atoms with Gasteiger partial charge in [-0.1, -0.05) is 22.0 Å². The largest absolute Gasteiger partial charge is 0.528 e. The zero-order chi connectivity index (χ0) is 30.0. The Morgan fingerprint density at radius 2 is 1.79 bits per heavy atom. The average molecular weight is 584 g/mol. The van der Waals surface area contributed by atoms with E-state index < -0.39 is 35.4 Å². The molecule has 3 aromatic rings. The molecular weight excluding hydrogens is 550 g/mol. The van der Waals surface area contributed by atoms with Gasteiger partial charge in [0.05, 0.1) is 4.92 Å². The van der Waals surface area contributed by atoms with Crippen LogP contribution in [0.3, 0.4) is 0 Å². The standard InChI is InChI=1S/C28H33N5O9/c1-28(2,3)41-27(36)42-31(16-39-32-23-15-20(33(37)38)10-13-22(23)29-30-32)24(14-17-4-11-21(34)12-5-17)26(35)40-25(18-6-7-18)19-8-9-19/h4-5,10-13,15,18-19,24-25,34H,6-9,14,16H2,1-3H3/t24-/m1/s1. The van der Waals surface area contributed by atoms with Crippen LogP contribution in [0, 0.1) is 22.0 Å². The molecule has 2 saturated carbocycles. The van der Waals surface area contributed by atoms with Crippen molar-refractivity contribution in [3.63, 3.8) is 0 Å². The van der Waals surface area contributed by atoms with Gasteiger partial charge in [0.2, 0.25) is 6.73 Å². The molecule has 1 aromatic heterocycles. The van der Waals surface area contributed by atoms with Crippen molar-refractivity contribution in [3.8, 4) is 5.75 Å². The molecule has 0 spiro atoms. The first-order chi connectivity index (χ1) is 20.0. The van der Waals surface area contributed by atoms with E-state index >= 15 is 0 Å². The van der Waals surface area contributed by atoms with Gasteiger partial charge >= 0.3 is 12.1 Å². The Morgan fingerprint density at radius 3 is 2.38 bits per heavy atom. The smallest absolute Gasteiger partial charge is 0.508 e. The Labute approximate surface area is 241 Å². The highest BCUT2D eigenvalue weighted by Crippen LogP contribution is 2.46. The molecule has 0 unspecified atom stereocenters. The summed E-state index contributed by atoms with van der Waals surface area (Å²) in [7, 11) is 0. The number of hydrogen-bond donors (Lipinski definition) is 1. The van der Waals surface area contributed by atoms with Gasteiger partial charge in [0.1, 0.15) is 28.5 Å². The monoisotopic (exact) mass is 583 g/mol. The number of hydroxylamine groups is 2. The van der Waals surface area contributed by atoms with E-state index in [1.807, 2.05) is 0 Å². The number of carbonyl (C=O) groups is 2. The van der Waals surface area contributed by atoms with Gasteiger partial charge in [0.25, 0.3) is 5.69 Å². The summed E-state index contributed by atoms with van der Waals surface area (Å²) < 4.78 is 11.4. The van der Waals surface area contributed by atoms with Gasteiger partial charge < -0.3 is 24.3 Å². The Balaban J connectivity index is 1.43. The average Bonchev–Trinajstić information content (AvgIpc) is 3.86. The van der Waals surface area contributed by atoms with Crippen LogP contribution in [0.25, 0.3) is 11.0 Å². The van der Waals surface area contributed by atoms with E-state index in [-0.39, 0.29) is 29.5 Å². The van der Waals surface area contributed by atoms with Crippen molar-refractivity contribution >= 4 is 28.8 Å². The second kappa shape index (κ2) is 11.8. The number of fused-ring (bicyclic) bond motifs is 1. The number of nitrogens with zero attached hydrogens (tertiary/aromatic N) is 5. The van der Waals surface area contributed by atoms with Crippen molar-refractivity contribution in [1.29, 1.82) is 0 Å². The summed E-state index contributed by atoms with van der Waals surface area (Å²) in [5.41, 5.74) is 0.0968. The van der Waals surface area contributed by atoms with Gasteiger partial charge in [0, 0.05) is 18.6 Å². The van der Waals surface area contributed by atoms with Crippen molar-refractivity contribution in [2.45, 2.75) is 70.6 Å². The maximum atomic E-state index is 13.8. The summed E-state index contributed by atoms with van der Waals surface area (Å²) in [6.45, 7) is 4.47. The zero-order valence-corrected chi connectivity index (χ0v) is 23.5. The fourth-order valence-corrected chi connectivity index (χ4v) is 4.55. The van der Waals surface area contributed by atoms with Gasteiger partial charge in [-0.2, -0.15) is 0 Å². The Morgan fingerprint density at radius 1 is 1.12 bits per heavy atom. The first-order valence-electron chi connectivity index (χ1n) is 13.8. The maximum Gasteiger partial charge on any atom is 0.528 e. The van der Waals surface area contributed by atoms with Crippen LogP contribution in [0.5, 0.6) is 5.75 Å². The van der Waals surface area contributed by atoms with Crippen molar-refractivity contribution in [1.82, 2.24) is 20.2 Å². The molecule has 5 rings (SSSR count). The molecule has 0 saturated heterocycles. The van der Waals surface area contributed by atoms with Crippen molar-refractivity contribution in [3.05, 3.63) is 58.1 Å². The SMILES string of the molecule is CC(C)(C)OC(=O)ON(COn1nnc2ccc([N+](=O)[O-])cc21)[C@H](Cc1ccc(O)cc1)C(=O)OC(C1CC1)C1CC1. The lowest BCUT2D eigenvalue weighted by atomic mass is 10.1. The lowest BCUT2D eigenvalue weighted by molar-refractivity contribution is -0.384. The van der Waals surface area contributed by atoms with Crippen LogP contribution in [0.1, 0.15) is 52.0 Å². The number of carbonyl (C=O) groups excluding carboxylic acids is 2. The van der Waals surface area contributed by atoms with Gasteiger partial charge in [0.15, 0.2) is 6.04 Å². The number of aromatic hydroxyl groups is 1. The number of non-ortho nitro benzene ring substituents is 1. The second-order valence-electron chi connectivity index (χ2n) is 11.6. The van der Waals surface area contributed by atoms with E-state index in [0.717, 1.165) is 35.6 Å². The number of rotatable bonds is 12. The van der Waals surface area contributed by atoms with Gasteiger partial charge in [-0.3, -0.25) is 14.9 Å². The first-order valence-corrected chi connectivity index (χ1v) is 13.8. The number of benzene rings is 2. The normalized spacial score (nSPS) is 15.9. The third kappa shape index (κ3) is 7.43. The zero-order valence-electron chi connectivity index (χ0n) is 23.5. The molecule has 0 aliphatic heterocycles. The Kier molecular flexibility index (Phi) is 8.16. The van der Waals surface area contributed by atoms with Crippen molar-refractivity contribution in [2.75, 3.05) is 6.73 Å². The predicted octanol–water partition coefficient (Wildman–Crippen LogP) is 3.94. The Bertz CT molecular complexity index is 1430. The lowest BCUT2D eigenvalue weighted by Gasteiger charge is -2.30. The third-order valence-corrected chi connectivity index (χ3v) is 6.91.